The maximum absolute atomic E-state index is 4.66. The lowest BCUT2D eigenvalue weighted by Crippen LogP contribution is -2.42. The lowest BCUT2D eigenvalue weighted by atomic mass is 9.75. The van der Waals surface area contributed by atoms with Crippen molar-refractivity contribution in [3.63, 3.8) is 0 Å². The predicted molar refractivity (Wildman–Crippen MR) is 78.6 cm³/mol. The monoisotopic (exact) mass is 260 g/mol. The van der Waals surface area contributed by atoms with Gasteiger partial charge in [-0.05, 0) is 31.6 Å². The molecule has 0 aromatic carbocycles. The first-order valence-corrected chi connectivity index (χ1v) is 7.54. The molecular formula is C15H24N4. The van der Waals surface area contributed by atoms with Crippen LogP contribution < -0.4 is 10.2 Å². The topological polar surface area (TPSA) is 41.1 Å². The van der Waals surface area contributed by atoms with E-state index in [1.165, 1.54) is 44.2 Å². The van der Waals surface area contributed by atoms with Gasteiger partial charge in [0.1, 0.15) is 5.82 Å². The second-order valence-corrected chi connectivity index (χ2v) is 5.99. The van der Waals surface area contributed by atoms with Crippen molar-refractivity contribution in [2.75, 3.05) is 30.4 Å². The Balaban J connectivity index is 1.79. The fraction of sp³-hybridized carbons (Fsp3) is 0.733. The van der Waals surface area contributed by atoms with E-state index in [0.717, 1.165) is 30.1 Å². The molecule has 3 rings (SSSR count). The van der Waals surface area contributed by atoms with Gasteiger partial charge in [0.15, 0.2) is 0 Å². The van der Waals surface area contributed by atoms with E-state index >= 15 is 0 Å². The van der Waals surface area contributed by atoms with Crippen LogP contribution in [0.25, 0.3) is 0 Å². The third kappa shape index (κ3) is 2.53. The van der Waals surface area contributed by atoms with Gasteiger partial charge in [-0.25, -0.2) is 4.98 Å². The summed E-state index contributed by atoms with van der Waals surface area (Å²) in [5.74, 6) is 3.71. The van der Waals surface area contributed by atoms with Crippen molar-refractivity contribution in [1.29, 1.82) is 0 Å². The van der Waals surface area contributed by atoms with Crippen LogP contribution in [0, 0.1) is 18.8 Å². The van der Waals surface area contributed by atoms with Crippen LogP contribution in [0.5, 0.6) is 0 Å². The van der Waals surface area contributed by atoms with Gasteiger partial charge in [0.05, 0.1) is 0 Å². The van der Waals surface area contributed by atoms with Gasteiger partial charge in [0, 0.05) is 31.9 Å². The fourth-order valence-electron chi connectivity index (χ4n) is 3.67. The summed E-state index contributed by atoms with van der Waals surface area (Å²) >= 11 is 0. The molecule has 2 heterocycles. The molecular weight excluding hydrogens is 236 g/mol. The van der Waals surface area contributed by atoms with Gasteiger partial charge >= 0.3 is 0 Å². The molecule has 19 heavy (non-hydrogen) atoms. The largest absolute Gasteiger partial charge is 0.357 e. The number of anilines is 2. The van der Waals surface area contributed by atoms with Gasteiger partial charge in [-0.15, -0.1) is 0 Å². The third-order valence-electron chi connectivity index (χ3n) is 4.76. The fourth-order valence-corrected chi connectivity index (χ4v) is 3.67. The Hall–Kier alpha value is -1.32. The molecule has 1 aliphatic carbocycles. The molecule has 1 aromatic rings. The smallest absolute Gasteiger partial charge is 0.224 e. The third-order valence-corrected chi connectivity index (χ3v) is 4.76. The Morgan fingerprint density at radius 3 is 2.79 bits per heavy atom. The zero-order valence-corrected chi connectivity index (χ0v) is 12.0. The molecule has 2 aliphatic rings. The van der Waals surface area contributed by atoms with Crippen molar-refractivity contribution in [3.8, 4) is 0 Å². The Labute approximate surface area is 115 Å². The number of aryl methyl sites for hydroxylation is 1. The average Bonchev–Trinajstić information content (AvgIpc) is 2.47. The molecule has 0 spiro atoms. The molecule has 1 saturated heterocycles. The molecule has 4 nitrogen and oxygen atoms in total. The van der Waals surface area contributed by atoms with Gasteiger partial charge in [0.25, 0.3) is 0 Å². The zero-order chi connectivity index (χ0) is 13.2. The second-order valence-electron chi connectivity index (χ2n) is 5.99. The Bertz CT molecular complexity index is 446. The predicted octanol–water partition coefficient (Wildman–Crippen LogP) is 2.84. The molecule has 2 fully saturated rings. The van der Waals surface area contributed by atoms with Crippen LogP contribution in [-0.2, 0) is 0 Å². The van der Waals surface area contributed by atoms with Crippen molar-refractivity contribution in [3.05, 3.63) is 11.8 Å². The number of nitrogens with one attached hydrogen (secondary N) is 1. The van der Waals surface area contributed by atoms with E-state index in [2.05, 4.69) is 27.1 Å². The summed E-state index contributed by atoms with van der Waals surface area (Å²) in [6, 6.07) is 0. The summed E-state index contributed by atoms with van der Waals surface area (Å²) in [6.45, 7) is 4.45. The highest BCUT2D eigenvalue weighted by atomic mass is 15.2. The summed E-state index contributed by atoms with van der Waals surface area (Å²) in [7, 11) is 1.88. The van der Waals surface area contributed by atoms with Crippen LogP contribution in [0.3, 0.4) is 0 Å². The van der Waals surface area contributed by atoms with E-state index in [-0.39, 0.29) is 0 Å². The highest BCUT2D eigenvalue weighted by Gasteiger charge is 2.32. The summed E-state index contributed by atoms with van der Waals surface area (Å²) in [5, 5.41) is 3.04. The molecule has 4 heteroatoms. The van der Waals surface area contributed by atoms with Crippen LogP contribution in [-0.4, -0.2) is 30.1 Å². The standard InChI is InChI=1S/C15H24N4/c1-11-9-17-15(16-2)18-14(11)19-8-7-12-5-3-4-6-13(12)10-19/h9,12-13H,3-8,10H2,1-2H3,(H,16,17,18). The van der Waals surface area contributed by atoms with Crippen molar-refractivity contribution in [1.82, 2.24) is 9.97 Å². The average molecular weight is 260 g/mol. The van der Waals surface area contributed by atoms with Crippen LogP contribution >= 0.6 is 0 Å². The normalized spacial score (nSPS) is 26.9. The minimum atomic E-state index is 0.728. The highest BCUT2D eigenvalue weighted by molar-refractivity contribution is 5.49. The Kier molecular flexibility index (Phi) is 3.58. The van der Waals surface area contributed by atoms with Gasteiger partial charge in [-0.2, -0.15) is 4.98 Å². The van der Waals surface area contributed by atoms with Gasteiger partial charge in [0.2, 0.25) is 5.95 Å². The number of aromatic nitrogens is 2. The number of rotatable bonds is 2. The molecule has 1 N–H and O–H groups in total. The minimum Gasteiger partial charge on any atom is -0.357 e. The van der Waals surface area contributed by atoms with Gasteiger partial charge in [-0.1, -0.05) is 19.3 Å². The van der Waals surface area contributed by atoms with Gasteiger partial charge < -0.3 is 10.2 Å². The SMILES string of the molecule is CNc1ncc(C)c(N2CCC3CCCCC3C2)n1. The molecule has 0 bridgehead atoms. The summed E-state index contributed by atoms with van der Waals surface area (Å²) < 4.78 is 0. The van der Waals surface area contributed by atoms with Crippen LogP contribution in [0.15, 0.2) is 6.20 Å². The van der Waals surface area contributed by atoms with Crippen molar-refractivity contribution < 1.29 is 0 Å². The molecule has 1 saturated carbocycles. The summed E-state index contributed by atoms with van der Waals surface area (Å²) in [4.78, 5) is 11.4. The maximum Gasteiger partial charge on any atom is 0.224 e. The molecule has 1 aromatic heterocycles. The van der Waals surface area contributed by atoms with E-state index in [9.17, 15) is 0 Å². The van der Waals surface area contributed by atoms with Gasteiger partial charge in [-0.3, -0.25) is 0 Å². The lowest BCUT2D eigenvalue weighted by Gasteiger charge is -2.42. The minimum absolute atomic E-state index is 0.728. The van der Waals surface area contributed by atoms with Crippen LogP contribution in [0.1, 0.15) is 37.7 Å². The number of nitrogens with zero attached hydrogens (tertiary/aromatic N) is 3. The number of fused-ring (bicyclic) bond motifs is 1. The Morgan fingerprint density at radius 2 is 2.00 bits per heavy atom. The van der Waals surface area contributed by atoms with E-state index < -0.39 is 0 Å². The lowest BCUT2D eigenvalue weighted by molar-refractivity contribution is 0.202. The molecule has 2 unspecified atom stereocenters. The first kappa shape index (κ1) is 12.7. The number of piperidine rings is 1. The van der Waals surface area contributed by atoms with Crippen molar-refractivity contribution in [2.24, 2.45) is 11.8 Å². The molecule has 0 amide bonds. The molecule has 104 valence electrons. The molecule has 0 radical (unpaired) electrons. The Morgan fingerprint density at radius 1 is 1.21 bits per heavy atom. The van der Waals surface area contributed by atoms with Crippen LogP contribution in [0.2, 0.25) is 0 Å². The van der Waals surface area contributed by atoms with E-state index in [0.29, 0.717) is 0 Å². The highest BCUT2D eigenvalue weighted by Crippen LogP contribution is 2.37. The number of hydrogen-bond acceptors (Lipinski definition) is 4. The summed E-state index contributed by atoms with van der Waals surface area (Å²) in [6.07, 6.45) is 8.98. The van der Waals surface area contributed by atoms with E-state index in [1.54, 1.807) is 0 Å². The van der Waals surface area contributed by atoms with Crippen molar-refractivity contribution >= 4 is 11.8 Å². The first-order chi connectivity index (χ1) is 9.28. The summed E-state index contributed by atoms with van der Waals surface area (Å²) in [5.41, 5.74) is 1.19. The van der Waals surface area contributed by atoms with Crippen LogP contribution in [0.4, 0.5) is 11.8 Å². The maximum atomic E-state index is 4.66. The van der Waals surface area contributed by atoms with E-state index in [4.69, 9.17) is 0 Å². The first-order valence-electron chi connectivity index (χ1n) is 7.54. The molecule has 2 atom stereocenters. The van der Waals surface area contributed by atoms with Crippen molar-refractivity contribution in [2.45, 2.75) is 39.0 Å². The molecule has 1 aliphatic heterocycles. The zero-order valence-electron chi connectivity index (χ0n) is 12.0. The van der Waals surface area contributed by atoms with E-state index in [1.807, 2.05) is 13.2 Å². The quantitative estimate of drug-likeness (QED) is 0.887. The number of hydrogen-bond donors (Lipinski definition) is 1. The second kappa shape index (κ2) is 5.35.